The summed E-state index contributed by atoms with van der Waals surface area (Å²) in [7, 11) is -0.694. The molecular formula is C27H44O4Si. The summed E-state index contributed by atoms with van der Waals surface area (Å²) in [6.07, 6.45) is 4.45. The molecule has 1 fully saturated rings. The Kier molecular flexibility index (Phi) is 7.84. The molecule has 32 heavy (non-hydrogen) atoms. The molecule has 0 bridgehead atoms. The second kappa shape index (κ2) is 9.39. The van der Waals surface area contributed by atoms with Crippen LogP contribution in [0.2, 0.25) is 18.1 Å². The van der Waals surface area contributed by atoms with Crippen molar-refractivity contribution in [3.63, 3.8) is 0 Å². The molecule has 0 radical (unpaired) electrons. The second-order valence-electron chi connectivity index (χ2n) is 12.0. The number of esters is 1. The van der Waals surface area contributed by atoms with E-state index in [1.165, 1.54) is 31.1 Å². The van der Waals surface area contributed by atoms with Crippen molar-refractivity contribution in [2.75, 3.05) is 13.7 Å². The third-order valence-corrected chi connectivity index (χ3v) is 12.7. The number of ether oxygens (including phenoxy) is 2. The highest BCUT2D eigenvalue weighted by Gasteiger charge is 2.54. The maximum atomic E-state index is 11.3. The van der Waals surface area contributed by atoms with Gasteiger partial charge in [-0.25, -0.2) is 4.79 Å². The molecule has 0 aromatic heterocycles. The third kappa shape index (κ3) is 5.34. The Balaban J connectivity index is 2.45. The van der Waals surface area contributed by atoms with Crippen LogP contribution in [0.15, 0.2) is 23.5 Å². The maximum Gasteiger partial charge on any atom is 0.384 e. The minimum Gasteiger partial charge on any atom is -0.544 e. The lowest BCUT2D eigenvalue weighted by molar-refractivity contribution is -0.133. The first kappa shape index (κ1) is 26.7. The first-order valence-corrected chi connectivity index (χ1v) is 14.8. The predicted molar refractivity (Wildman–Crippen MR) is 134 cm³/mol. The average Bonchev–Trinajstić information content (AvgIpc) is 2.63. The Labute approximate surface area is 197 Å². The number of hydrogen-bond donors (Lipinski definition) is 0. The van der Waals surface area contributed by atoms with Crippen molar-refractivity contribution in [1.29, 1.82) is 0 Å². The van der Waals surface area contributed by atoms with Crippen LogP contribution < -0.4 is 0 Å². The van der Waals surface area contributed by atoms with Crippen LogP contribution >= 0.6 is 0 Å². The fourth-order valence-electron chi connectivity index (χ4n) is 5.55. The van der Waals surface area contributed by atoms with Gasteiger partial charge in [-0.3, -0.25) is 0 Å². The molecule has 0 heterocycles. The van der Waals surface area contributed by atoms with Crippen molar-refractivity contribution >= 4 is 14.3 Å². The predicted octanol–water partition coefficient (Wildman–Crippen LogP) is 6.64. The molecule has 0 saturated heterocycles. The van der Waals surface area contributed by atoms with Gasteiger partial charge in [-0.05, 0) is 72.2 Å². The molecule has 0 aromatic carbocycles. The van der Waals surface area contributed by atoms with Gasteiger partial charge in [-0.1, -0.05) is 60.5 Å². The number of carbonyl (C=O) groups excluding carboxylic acids is 1. The maximum absolute atomic E-state index is 11.3. The van der Waals surface area contributed by atoms with Gasteiger partial charge in [0.05, 0.1) is 19.0 Å². The van der Waals surface area contributed by atoms with Gasteiger partial charge in [0.2, 0.25) is 8.32 Å². The molecule has 0 aromatic rings. The molecule has 2 aliphatic rings. The van der Waals surface area contributed by atoms with Crippen LogP contribution in [0.4, 0.5) is 0 Å². The van der Waals surface area contributed by atoms with Gasteiger partial charge in [0.1, 0.15) is 6.61 Å². The van der Waals surface area contributed by atoms with Gasteiger partial charge < -0.3 is 13.9 Å². The number of fused-ring (bicyclic) bond motifs is 1. The Hall–Kier alpha value is -1.51. The Morgan fingerprint density at radius 1 is 1.22 bits per heavy atom. The molecular weight excluding hydrogens is 416 g/mol. The van der Waals surface area contributed by atoms with E-state index in [2.05, 4.69) is 84.7 Å². The van der Waals surface area contributed by atoms with Crippen LogP contribution in [0, 0.1) is 28.6 Å². The topological polar surface area (TPSA) is 44.8 Å². The largest absolute Gasteiger partial charge is 0.544 e. The monoisotopic (exact) mass is 460 g/mol. The minimum atomic E-state index is -2.03. The Morgan fingerprint density at radius 3 is 2.41 bits per heavy atom. The van der Waals surface area contributed by atoms with E-state index >= 15 is 0 Å². The zero-order valence-electron chi connectivity index (χ0n) is 22.0. The van der Waals surface area contributed by atoms with E-state index in [1.807, 2.05) is 0 Å². The van der Waals surface area contributed by atoms with E-state index in [-0.39, 0.29) is 28.6 Å². The van der Waals surface area contributed by atoms with E-state index in [9.17, 15) is 4.79 Å². The molecule has 0 amide bonds. The second-order valence-corrected chi connectivity index (χ2v) is 16.7. The van der Waals surface area contributed by atoms with Crippen LogP contribution in [0.3, 0.4) is 0 Å². The number of methoxy groups -OCH3 is 1. The number of hydrogen-bond acceptors (Lipinski definition) is 4. The van der Waals surface area contributed by atoms with Crippen LogP contribution in [0.1, 0.15) is 74.1 Å². The standard InChI is InChI=1S/C27H44O4Si/c1-19-21(30-17-12-14-23(28)29-9)18-22-26(6,7)15-13-16-27(22,8)24(19)20(2)31-32(10,11)25(3,4)5/h21-22H,2,13,15-18H2,1,3-11H3/t21-,22+,27+/m1/s1. The summed E-state index contributed by atoms with van der Waals surface area (Å²) in [4.78, 5) is 11.3. The van der Waals surface area contributed by atoms with Crippen molar-refractivity contribution < 1.29 is 18.7 Å². The van der Waals surface area contributed by atoms with Crippen molar-refractivity contribution in [2.45, 2.75) is 98.4 Å². The van der Waals surface area contributed by atoms with Crippen LogP contribution in [-0.2, 0) is 18.7 Å². The van der Waals surface area contributed by atoms with Crippen LogP contribution in [0.25, 0.3) is 0 Å². The van der Waals surface area contributed by atoms with Crippen molar-refractivity contribution in [2.24, 2.45) is 16.7 Å². The zero-order valence-corrected chi connectivity index (χ0v) is 23.0. The van der Waals surface area contributed by atoms with E-state index < -0.39 is 14.3 Å². The van der Waals surface area contributed by atoms with Gasteiger partial charge in [0.25, 0.3) is 0 Å². The quantitative estimate of drug-likeness (QED) is 0.152. The first-order valence-electron chi connectivity index (χ1n) is 11.8. The summed E-state index contributed by atoms with van der Waals surface area (Å²) in [6.45, 7) is 25.4. The fourth-order valence-corrected chi connectivity index (χ4v) is 6.57. The van der Waals surface area contributed by atoms with Crippen molar-refractivity contribution in [1.82, 2.24) is 0 Å². The molecule has 0 unspecified atom stereocenters. The average molecular weight is 461 g/mol. The van der Waals surface area contributed by atoms with E-state index in [0.29, 0.717) is 5.92 Å². The third-order valence-electron chi connectivity index (χ3n) is 8.32. The highest BCUT2D eigenvalue weighted by Crippen LogP contribution is 2.61. The summed E-state index contributed by atoms with van der Waals surface area (Å²) < 4.78 is 17.6. The van der Waals surface area contributed by atoms with Gasteiger partial charge in [0, 0.05) is 5.92 Å². The molecule has 1 saturated carbocycles. The molecule has 3 atom stereocenters. The minimum absolute atomic E-state index is 0.0167. The summed E-state index contributed by atoms with van der Waals surface area (Å²) >= 11 is 0. The summed E-state index contributed by atoms with van der Waals surface area (Å²) in [5.41, 5.74) is 2.67. The molecule has 0 spiro atoms. The highest BCUT2D eigenvalue weighted by molar-refractivity contribution is 6.74. The normalized spacial score (nSPS) is 27.7. The van der Waals surface area contributed by atoms with Crippen molar-refractivity contribution in [3.8, 4) is 11.8 Å². The SMILES string of the molecule is C=C(O[Si](C)(C)C(C)(C)C)C1=C(C)[C@H](OCC#CC(=O)OC)C[C@H]2C(C)(C)CCC[C@]12C. The van der Waals surface area contributed by atoms with Crippen LogP contribution in [0.5, 0.6) is 0 Å². The number of carbonyl (C=O) groups is 1. The summed E-state index contributed by atoms with van der Waals surface area (Å²) in [6, 6.07) is 0. The Bertz CT molecular complexity index is 834. The molecule has 4 nitrogen and oxygen atoms in total. The van der Waals surface area contributed by atoms with Crippen LogP contribution in [-0.4, -0.2) is 34.1 Å². The molecule has 5 heteroatoms. The lowest BCUT2D eigenvalue weighted by Crippen LogP contribution is -2.50. The number of rotatable bonds is 5. The molecule has 0 aliphatic heterocycles. The lowest BCUT2D eigenvalue weighted by atomic mass is 9.49. The van der Waals surface area contributed by atoms with Crippen molar-refractivity contribution in [3.05, 3.63) is 23.5 Å². The molecule has 2 rings (SSSR count). The number of allylic oxidation sites excluding steroid dienone is 1. The van der Waals surface area contributed by atoms with Gasteiger partial charge in [0.15, 0.2) is 0 Å². The fraction of sp³-hybridized carbons (Fsp3) is 0.741. The molecule has 180 valence electrons. The van der Waals surface area contributed by atoms with E-state index in [4.69, 9.17) is 9.16 Å². The Morgan fingerprint density at radius 2 is 1.84 bits per heavy atom. The smallest absolute Gasteiger partial charge is 0.384 e. The lowest BCUT2D eigenvalue weighted by Gasteiger charge is -2.57. The molecule has 0 N–H and O–H groups in total. The van der Waals surface area contributed by atoms with E-state index in [0.717, 1.165) is 18.6 Å². The van der Waals surface area contributed by atoms with Gasteiger partial charge >= 0.3 is 5.97 Å². The van der Waals surface area contributed by atoms with Gasteiger partial charge in [-0.15, -0.1) is 0 Å². The molecule has 2 aliphatic carbocycles. The zero-order chi connectivity index (χ0) is 24.5. The highest BCUT2D eigenvalue weighted by atomic mass is 28.4. The summed E-state index contributed by atoms with van der Waals surface area (Å²) in [5.74, 6) is 6.00. The van der Waals surface area contributed by atoms with Gasteiger partial charge in [-0.2, -0.15) is 0 Å². The summed E-state index contributed by atoms with van der Waals surface area (Å²) in [5, 5.41) is 0.102. The first-order chi connectivity index (χ1) is 14.6. The van der Waals surface area contributed by atoms with E-state index in [1.54, 1.807) is 0 Å².